The third-order valence-electron chi connectivity index (χ3n) is 3.19. The molecule has 94 valence electrons. The highest BCUT2D eigenvalue weighted by atomic mass is 16.2. The van der Waals surface area contributed by atoms with Crippen LogP contribution in [0.1, 0.15) is 0 Å². The van der Waals surface area contributed by atoms with Gasteiger partial charge in [0.1, 0.15) is 5.41 Å². The predicted octanol–water partition coefficient (Wildman–Crippen LogP) is 2.21. The van der Waals surface area contributed by atoms with Gasteiger partial charge in [0.15, 0.2) is 0 Å². The smallest absolute Gasteiger partial charge is 0.258 e. The summed E-state index contributed by atoms with van der Waals surface area (Å²) in [5, 5.41) is 0. The van der Waals surface area contributed by atoms with Gasteiger partial charge in [-0.25, -0.2) is 0 Å². The second-order valence-electron chi connectivity index (χ2n) is 4.40. The summed E-state index contributed by atoms with van der Waals surface area (Å²) in [6.07, 6.45) is 10.9. The van der Waals surface area contributed by atoms with Gasteiger partial charge in [-0.05, 0) is 17.7 Å². The Labute approximate surface area is 111 Å². The second kappa shape index (κ2) is 4.57. The van der Waals surface area contributed by atoms with E-state index in [9.17, 15) is 4.79 Å². The number of carbonyl (C=O) groups is 1. The first-order valence-electron chi connectivity index (χ1n) is 6.04. The molecular formula is C15H13N3O. The van der Waals surface area contributed by atoms with Gasteiger partial charge in [-0.1, -0.05) is 42.5 Å². The lowest BCUT2D eigenvalue weighted by atomic mass is 9.79. The molecular weight excluding hydrogens is 238 g/mol. The quantitative estimate of drug-likeness (QED) is 0.809. The molecule has 1 unspecified atom stereocenters. The number of rotatable bonds is 3. The van der Waals surface area contributed by atoms with Gasteiger partial charge < -0.3 is 0 Å². The van der Waals surface area contributed by atoms with Crippen LogP contribution in [0.15, 0.2) is 71.4 Å². The van der Waals surface area contributed by atoms with Crippen LogP contribution in [0.2, 0.25) is 0 Å². The van der Waals surface area contributed by atoms with Gasteiger partial charge >= 0.3 is 0 Å². The van der Waals surface area contributed by atoms with Gasteiger partial charge in [0.05, 0.1) is 5.69 Å². The summed E-state index contributed by atoms with van der Waals surface area (Å²) in [6.45, 7) is 0. The van der Waals surface area contributed by atoms with E-state index in [-0.39, 0.29) is 5.91 Å². The lowest BCUT2D eigenvalue weighted by Gasteiger charge is -2.25. The number of benzene rings is 1. The van der Waals surface area contributed by atoms with Gasteiger partial charge in [0.2, 0.25) is 0 Å². The minimum absolute atomic E-state index is 0.149. The summed E-state index contributed by atoms with van der Waals surface area (Å²) >= 11 is 0. The number of fused-ring (bicyclic) bond motifs is 1. The molecule has 19 heavy (non-hydrogen) atoms. The Kier molecular flexibility index (Phi) is 2.76. The van der Waals surface area contributed by atoms with Crippen molar-refractivity contribution in [3.63, 3.8) is 0 Å². The van der Waals surface area contributed by atoms with Crippen LogP contribution in [0.3, 0.4) is 0 Å². The summed E-state index contributed by atoms with van der Waals surface area (Å²) in [4.78, 5) is 16.5. The SMILES string of the molecule is O=C(NNc1ccccc1)C12C=CC=CC1=CN=C2. The van der Waals surface area contributed by atoms with Crippen LogP contribution in [-0.2, 0) is 4.79 Å². The second-order valence-corrected chi connectivity index (χ2v) is 4.40. The molecule has 0 aromatic heterocycles. The van der Waals surface area contributed by atoms with E-state index in [1.807, 2.05) is 54.6 Å². The van der Waals surface area contributed by atoms with E-state index >= 15 is 0 Å². The molecule has 1 aliphatic carbocycles. The Balaban J connectivity index is 1.74. The molecule has 1 aliphatic heterocycles. The van der Waals surface area contributed by atoms with Gasteiger partial charge in [-0.3, -0.25) is 20.6 Å². The van der Waals surface area contributed by atoms with Crippen molar-refractivity contribution in [3.8, 4) is 0 Å². The normalized spacial score (nSPS) is 22.8. The van der Waals surface area contributed by atoms with E-state index in [4.69, 9.17) is 0 Å². The van der Waals surface area contributed by atoms with Crippen LogP contribution in [0, 0.1) is 5.41 Å². The van der Waals surface area contributed by atoms with Crippen LogP contribution in [0.25, 0.3) is 0 Å². The zero-order valence-corrected chi connectivity index (χ0v) is 10.2. The maximum atomic E-state index is 12.4. The Hall–Kier alpha value is -2.62. The molecule has 2 aliphatic rings. The van der Waals surface area contributed by atoms with Gasteiger partial charge in [0, 0.05) is 12.4 Å². The zero-order chi connectivity index (χ0) is 13.1. The van der Waals surface area contributed by atoms with Gasteiger partial charge in [-0.15, -0.1) is 0 Å². The number of aliphatic imine (C=N–C) groups is 1. The molecule has 0 fully saturated rings. The highest BCUT2D eigenvalue weighted by molar-refractivity contribution is 6.07. The maximum absolute atomic E-state index is 12.4. The summed E-state index contributed by atoms with van der Waals surface area (Å²) in [5.41, 5.74) is 6.56. The minimum Gasteiger partial charge on any atom is -0.299 e. The number of nitrogens with one attached hydrogen (secondary N) is 2. The molecule has 1 aromatic carbocycles. The molecule has 1 amide bonds. The van der Waals surface area contributed by atoms with Crippen molar-refractivity contribution in [2.24, 2.45) is 10.4 Å². The van der Waals surface area contributed by atoms with Crippen molar-refractivity contribution in [2.45, 2.75) is 0 Å². The lowest BCUT2D eigenvalue weighted by molar-refractivity contribution is -0.123. The first-order valence-corrected chi connectivity index (χ1v) is 6.04. The molecule has 3 rings (SSSR count). The van der Waals surface area contributed by atoms with Crippen LogP contribution in [-0.4, -0.2) is 12.1 Å². The van der Waals surface area contributed by atoms with Crippen molar-refractivity contribution in [3.05, 3.63) is 66.4 Å². The summed E-state index contributed by atoms with van der Waals surface area (Å²) in [5.74, 6) is -0.149. The summed E-state index contributed by atoms with van der Waals surface area (Å²) in [6, 6.07) is 9.49. The Morgan fingerprint density at radius 2 is 2.00 bits per heavy atom. The molecule has 0 saturated carbocycles. The number of allylic oxidation sites excluding steroid dienone is 3. The van der Waals surface area contributed by atoms with Crippen molar-refractivity contribution in [1.29, 1.82) is 0 Å². The van der Waals surface area contributed by atoms with E-state index in [2.05, 4.69) is 15.8 Å². The van der Waals surface area contributed by atoms with Crippen LogP contribution in [0.5, 0.6) is 0 Å². The third-order valence-corrected chi connectivity index (χ3v) is 3.19. The number of nitrogens with zero attached hydrogens (tertiary/aromatic N) is 1. The Bertz CT molecular complexity index is 614. The molecule has 1 heterocycles. The third kappa shape index (κ3) is 1.97. The van der Waals surface area contributed by atoms with Crippen molar-refractivity contribution in [2.75, 3.05) is 5.43 Å². The van der Waals surface area contributed by atoms with Gasteiger partial charge in [0.25, 0.3) is 5.91 Å². The largest absolute Gasteiger partial charge is 0.299 e. The molecule has 0 bridgehead atoms. The fourth-order valence-electron chi connectivity index (χ4n) is 2.12. The van der Waals surface area contributed by atoms with E-state index in [0.717, 1.165) is 11.3 Å². The number of anilines is 1. The molecule has 0 spiro atoms. The van der Waals surface area contributed by atoms with Crippen LogP contribution in [0.4, 0.5) is 5.69 Å². The zero-order valence-electron chi connectivity index (χ0n) is 10.2. The Morgan fingerprint density at radius 1 is 1.16 bits per heavy atom. The van der Waals surface area contributed by atoms with E-state index < -0.39 is 5.41 Å². The number of hydrogen-bond acceptors (Lipinski definition) is 3. The standard InChI is InChI=1S/C15H13N3O/c19-14(18-17-13-7-2-1-3-8-13)15-9-5-4-6-12(15)10-16-11-15/h1-11,17H,(H,18,19). The molecule has 0 saturated heterocycles. The van der Waals surface area contributed by atoms with Crippen molar-refractivity contribution in [1.82, 2.24) is 5.43 Å². The minimum atomic E-state index is -0.781. The molecule has 4 nitrogen and oxygen atoms in total. The highest BCUT2D eigenvalue weighted by Gasteiger charge is 2.40. The van der Waals surface area contributed by atoms with Crippen LogP contribution >= 0.6 is 0 Å². The number of carbonyl (C=O) groups excluding carboxylic acids is 1. The van der Waals surface area contributed by atoms with Crippen molar-refractivity contribution < 1.29 is 4.79 Å². The van der Waals surface area contributed by atoms with E-state index in [0.29, 0.717) is 0 Å². The number of hydrogen-bond donors (Lipinski definition) is 2. The summed E-state index contributed by atoms with van der Waals surface area (Å²) < 4.78 is 0. The first-order chi connectivity index (χ1) is 9.31. The average Bonchev–Trinajstić information content (AvgIpc) is 2.91. The monoisotopic (exact) mass is 251 g/mol. The van der Waals surface area contributed by atoms with Crippen molar-refractivity contribution >= 4 is 17.8 Å². The maximum Gasteiger partial charge on any atom is 0.258 e. The van der Waals surface area contributed by atoms with E-state index in [1.54, 1.807) is 12.4 Å². The number of amides is 1. The molecule has 1 atom stereocenters. The van der Waals surface area contributed by atoms with Crippen LogP contribution < -0.4 is 10.9 Å². The molecule has 1 aromatic rings. The average molecular weight is 251 g/mol. The first kappa shape index (κ1) is 11.5. The molecule has 2 N–H and O–H groups in total. The number of hydrazine groups is 1. The topological polar surface area (TPSA) is 53.5 Å². The van der Waals surface area contributed by atoms with E-state index in [1.165, 1.54) is 0 Å². The summed E-state index contributed by atoms with van der Waals surface area (Å²) in [7, 11) is 0. The predicted molar refractivity (Wildman–Crippen MR) is 75.5 cm³/mol. The fourth-order valence-corrected chi connectivity index (χ4v) is 2.12. The highest BCUT2D eigenvalue weighted by Crippen LogP contribution is 2.35. The number of para-hydroxylation sites is 1. The molecule has 4 heteroatoms. The fraction of sp³-hybridized carbons (Fsp3) is 0.0667. The Morgan fingerprint density at radius 3 is 2.84 bits per heavy atom. The van der Waals surface area contributed by atoms with Gasteiger partial charge in [-0.2, -0.15) is 0 Å². The lowest BCUT2D eigenvalue weighted by Crippen LogP contribution is -2.44. The molecule has 0 radical (unpaired) electrons.